The van der Waals surface area contributed by atoms with Crippen LogP contribution < -0.4 is 4.90 Å². The Morgan fingerprint density at radius 2 is 2.27 bits per heavy atom. The molecule has 1 aliphatic heterocycles. The van der Waals surface area contributed by atoms with Crippen LogP contribution in [-0.2, 0) is 14.3 Å². The van der Waals surface area contributed by atoms with Gasteiger partial charge in [-0.05, 0) is 37.5 Å². The number of esters is 1. The summed E-state index contributed by atoms with van der Waals surface area (Å²) in [5.41, 5.74) is 1.76. The first-order chi connectivity index (χ1) is 10.6. The number of hydrogen-bond acceptors (Lipinski definition) is 6. The summed E-state index contributed by atoms with van der Waals surface area (Å²) in [5, 5.41) is 0. The van der Waals surface area contributed by atoms with Gasteiger partial charge < -0.3 is 18.8 Å². The minimum Gasteiger partial charge on any atom is -0.467 e. The second-order valence-electron chi connectivity index (χ2n) is 5.68. The molecule has 118 valence electrons. The fourth-order valence-corrected chi connectivity index (χ4v) is 3.15. The number of hydrogen-bond donors (Lipinski definition) is 0. The number of aromatic nitrogens is 1. The standard InChI is InChI=1S/C16H20N2O4/c1-11-5-6-13-12(9-11)17-15(22-13)18-8-4-7-16(18,10-20-2)14(19)21-3/h5-6,9H,4,7-8,10H2,1-3H3. The lowest BCUT2D eigenvalue weighted by Gasteiger charge is -2.33. The Kier molecular flexibility index (Phi) is 3.78. The molecule has 2 heterocycles. The van der Waals surface area contributed by atoms with Crippen LogP contribution in [-0.4, -0.2) is 43.9 Å². The van der Waals surface area contributed by atoms with E-state index in [0.29, 0.717) is 24.6 Å². The molecule has 0 bridgehead atoms. The van der Waals surface area contributed by atoms with E-state index in [0.717, 1.165) is 17.5 Å². The summed E-state index contributed by atoms with van der Waals surface area (Å²) in [6.07, 6.45) is 1.52. The average Bonchev–Trinajstić information content (AvgIpc) is 3.10. The molecule has 1 aromatic heterocycles. The maximum absolute atomic E-state index is 12.4. The van der Waals surface area contributed by atoms with Gasteiger partial charge in [-0.1, -0.05) is 6.07 Å². The Labute approximate surface area is 129 Å². The summed E-state index contributed by atoms with van der Waals surface area (Å²) in [7, 11) is 2.97. The zero-order valence-electron chi connectivity index (χ0n) is 13.1. The van der Waals surface area contributed by atoms with E-state index < -0.39 is 5.54 Å². The van der Waals surface area contributed by atoms with Crippen LogP contribution in [0.1, 0.15) is 18.4 Å². The van der Waals surface area contributed by atoms with Crippen LogP contribution >= 0.6 is 0 Å². The number of rotatable bonds is 4. The molecule has 0 spiro atoms. The molecular weight excluding hydrogens is 284 g/mol. The number of nitrogens with zero attached hydrogens (tertiary/aromatic N) is 2. The van der Waals surface area contributed by atoms with Crippen LogP contribution in [0.15, 0.2) is 22.6 Å². The third-order valence-corrected chi connectivity index (χ3v) is 4.20. The second kappa shape index (κ2) is 5.61. The van der Waals surface area contributed by atoms with Crippen LogP contribution in [0.5, 0.6) is 0 Å². The van der Waals surface area contributed by atoms with E-state index in [1.807, 2.05) is 30.0 Å². The Hall–Kier alpha value is -2.08. The number of oxazole rings is 1. The predicted octanol–water partition coefficient (Wildman–Crippen LogP) is 2.29. The molecule has 1 fully saturated rings. The summed E-state index contributed by atoms with van der Waals surface area (Å²) in [4.78, 5) is 18.8. The molecule has 1 aromatic carbocycles. The van der Waals surface area contributed by atoms with Crippen LogP contribution in [0.4, 0.5) is 6.01 Å². The zero-order valence-corrected chi connectivity index (χ0v) is 13.1. The van der Waals surface area contributed by atoms with Crippen LogP contribution in [0, 0.1) is 6.92 Å². The topological polar surface area (TPSA) is 64.8 Å². The van der Waals surface area contributed by atoms with Crippen molar-refractivity contribution >= 4 is 23.1 Å². The van der Waals surface area contributed by atoms with Crippen molar-refractivity contribution in [3.8, 4) is 0 Å². The molecule has 1 saturated heterocycles. The molecule has 1 aliphatic rings. The largest absolute Gasteiger partial charge is 0.467 e. The molecule has 3 rings (SSSR count). The Morgan fingerprint density at radius 3 is 3.00 bits per heavy atom. The SMILES string of the molecule is COCC1(C(=O)OC)CCCN1c1nc2cc(C)ccc2o1. The lowest BCUT2D eigenvalue weighted by Crippen LogP contribution is -2.55. The Morgan fingerprint density at radius 1 is 1.45 bits per heavy atom. The van der Waals surface area contributed by atoms with Gasteiger partial charge in [-0.25, -0.2) is 4.79 Å². The maximum Gasteiger partial charge on any atom is 0.334 e. The normalized spacial score (nSPS) is 21.5. The van der Waals surface area contributed by atoms with Gasteiger partial charge in [0.1, 0.15) is 5.52 Å². The molecule has 0 N–H and O–H groups in total. The molecule has 1 unspecified atom stereocenters. The van der Waals surface area contributed by atoms with Gasteiger partial charge in [0.2, 0.25) is 0 Å². The van der Waals surface area contributed by atoms with Gasteiger partial charge in [-0.15, -0.1) is 0 Å². The van der Waals surface area contributed by atoms with E-state index in [2.05, 4.69) is 4.98 Å². The van der Waals surface area contributed by atoms with Crippen LogP contribution in [0.25, 0.3) is 11.1 Å². The number of benzene rings is 1. The quantitative estimate of drug-likeness (QED) is 0.808. The van der Waals surface area contributed by atoms with Crippen molar-refractivity contribution in [3.05, 3.63) is 23.8 Å². The third kappa shape index (κ3) is 2.23. The average molecular weight is 304 g/mol. The molecule has 2 aromatic rings. The van der Waals surface area contributed by atoms with Gasteiger partial charge >= 0.3 is 5.97 Å². The van der Waals surface area contributed by atoms with Crippen molar-refractivity contribution in [1.82, 2.24) is 4.98 Å². The summed E-state index contributed by atoms with van der Waals surface area (Å²) in [6.45, 7) is 2.94. The number of carbonyl (C=O) groups is 1. The highest BCUT2D eigenvalue weighted by molar-refractivity contribution is 5.86. The highest BCUT2D eigenvalue weighted by atomic mass is 16.5. The molecular formula is C16H20N2O4. The van der Waals surface area contributed by atoms with E-state index in [1.165, 1.54) is 7.11 Å². The predicted molar refractivity (Wildman–Crippen MR) is 81.9 cm³/mol. The number of methoxy groups -OCH3 is 2. The van der Waals surface area contributed by atoms with Crippen molar-refractivity contribution in [2.24, 2.45) is 0 Å². The van der Waals surface area contributed by atoms with E-state index in [-0.39, 0.29) is 12.6 Å². The van der Waals surface area contributed by atoms with Crippen molar-refractivity contribution < 1.29 is 18.7 Å². The van der Waals surface area contributed by atoms with Crippen molar-refractivity contribution in [2.45, 2.75) is 25.3 Å². The van der Waals surface area contributed by atoms with Gasteiger partial charge in [0.15, 0.2) is 11.1 Å². The van der Waals surface area contributed by atoms with Gasteiger partial charge in [0, 0.05) is 13.7 Å². The first kappa shape index (κ1) is 14.8. The van der Waals surface area contributed by atoms with Crippen molar-refractivity contribution in [3.63, 3.8) is 0 Å². The number of ether oxygens (including phenoxy) is 2. The fraction of sp³-hybridized carbons (Fsp3) is 0.500. The van der Waals surface area contributed by atoms with Crippen LogP contribution in [0.2, 0.25) is 0 Å². The maximum atomic E-state index is 12.4. The lowest BCUT2D eigenvalue weighted by molar-refractivity contribution is -0.149. The lowest BCUT2D eigenvalue weighted by atomic mass is 9.97. The minimum absolute atomic E-state index is 0.247. The first-order valence-corrected chi connectivity index (χ1v) is 7.33. The second-order valence-corrected chi connectivity index (χ2v) is 5.68. The molecule has 6 nitrogen and oxygen atoms in total. The van der Waals surface area contributed by atoms with E-state index in [1.54, 1.807) is 7.11 Å². The summed E-state index contributed by atoms with van der Waals surface area (Å²) in [6, 6.07) is 6.28. The van der Waals surface area contributed by atoms with Crippen LogP contribution in [0.3, 0.4) is 0 Å². The van der Waals surface area contributed by atoms with E-state index in [4.69, 9.17) is 13.9 Å². The summed E-state index contributed by atoms with van der Waals surface area (Å²) < 4.78 is 16.1. The highest BCUT2D eigenvalue weighted by Crippen LogP contribution is 2.36. The number of carbonyl (C=O) groups excluding carboxylic acids is 1. The van der Waals surface area contributed by atoms with Gasteiger partial charge in [-0.3, -0.25) is 0 Å². The smallest absolute Gasteiger partial charge is 0.334 e. The third-order valence-electron chi connectivity index (χ3n) is 4.20. The number of anilines is 1. The minimum atomic E-state index is -0.862. The molecule has 0 saturated carbocycles. The van der Waals surface area contributed by atoms with Gasteiger partial charge in [0.05, 0.1) is 13.7 Å². The van der Waals surface area contributed by atoms with E-state index >= 15 is 0 Å². The van der Waals surface area contributed by atoms with E-state index in [9.17, 15) is 4.79 Å². The van der Waals surface area contributed by atoms with Gasteiger partial charge in [-0.2, -0.15) is 4.98 Å². The highest BCUT2D eigenvalue weighted by Gasteiger charge is 2.50. The monoisotopic (exact) mass is 304 g/mol. The molecule has 0 radical (unpaired) electrons. The zero-order chi connectivity index (χ0) is 15.7. The van der Waals surface area contributed by atoms with Crippen molar-refractivity contribution in [1.29, 1.82) is 0 Å². The fourth-order valence-electron chi connectivity index (χ4n) is 3.15. The molecule has 1 atom stereocenters. The molecule has 0 aliphatic carbocycles. The molecule has 22 heavy (non-hydrogen) atoms. The summed E-state index contributed by atoms with van der Waals surface area (Å²) in [5.74, 6) is -0.315. The molecule has 0 amide bonds. The first-order valence-electron chi connectivity index (χ1n) is 7.33. The number of aryl methyl sites for hydroxylation is 1. The number of fused-ring (bicyclic) bond motifs is 1. The Balaban J connectivity index is 2.04. The van der Waals surface area contributed by atoms with Gasteiger partial charge in [0.25, 0.3) is 6.01 Å². The Bertz CT molecular complexity index is 697. The van der Waals surface area contributed by atoms with Crippen molar-refractivity contribution in [2.75, 3.05) is 32.3 Å². The molecule has 6 heteroatoms. The summed E-state index contributed by atoms with van der Waals surface area (Å²) >= 11 is 0.